The molecule has 0 heterocycles. The summed E-state index contributed by atoms with van der Waals surface area (Å²) in [7, 11) is 0. The minimum Gasteiger partial charge on any atom is -0.478 e. The number of rotatable bonds is 5. The molecule has 1 aromatic carbocycles. The summed E-state index contributed by atoms with van der Waals surface area (Å²) in [5, 5.41) is 8.91. The van der Waals surface area contributed by atoms with E-state index >= 15 is 0 Å². The molecule has 2 rings (SSSR count). The standard InChI is InChI=1S/C15H18F3NO2/c1-9(2)8-19(10-3-4-10)11-5-6-12(14(20)21)13(7-11)15(16,17)18/h5-7,9-10H,3-4,8H2,1-2H3,(H,20,21). The van der Waals surface area contributed by atoms with Crippen molar-refractivity contribution in [2.24, 2.45) is 5.92 Å². The molecule has 6 heteroatoms. The molecule has 0 radical (unpaired) electrons. The number of carboxylic acids is 1. The van der Waals surface area contributed by atoms with E-state index in [1.807, 2.05) is 18.7 Å². The molecule has 0 aromatic heterocycles. The fourth-order valence-corrected chi connectivity index (χ4v) is 2.38. The predicted octanol–water partition coefficient (Wildman–Crippen LogP) is 4.03. The van der Waals surface area contributed by atoms with Crippen molar-refractivity contribution < 1.29 is 23.1 Å². The number of nitrogens with zero attached hydrogens (tertiary/aromatic N) is 1. The number of carboxylic acid groups (broad SMARTS) is 1. The predicted molar refractivity (Wildman–Crippen MR) is 73.6 cm³/mol. The van der Waals surface area contributed by atoms with Gasteiger partial charge in [0.1, 0.15) is 0 Å². The van der Waals surface area contributed by atoms with E-state index in [2.05, 4.69) is 0 Å². The SMILES string of the molecule is CC(C)CN(c1ccc(C(=O)O)c(C(F)(F)F)c1)C1CC1. The van der Waals surface area contributed by atoms with Gasteiger partial charge in [-0.25, -0.2) is 4.79 Å². The Hall–Kier alpha value is -1.72. The fourth-order valence-electron chi connectivity index (χ4n) is 2.38. The molecular formula is C15H18F3NO2. The van der Waals surface area contributed by atoms with Crippen LogP contribution in [0.2, 0.25) is 0 Å². The zero-order valence-corrected chi connectivity index (χ0v) is 11.9. The Morgan fingerprint density at radius 2 is 2.00 bits per heavy atom. The molecule has 1 saturated carbocycles. The smallest absolute Gasteiger partial charge is 0.417 e. The number of anilines is 1. The molecule has 1 aliphatic carbocycles. The third kappa shape index (κ3) is 3.68. The van der Waals surface area contributed by atoms with Gasteiger partial charge in [-0.15, -0.1) is 0 Å². The molecule has 0 amide bonds. The van der Waals surface area contributed by atoms with Crippen molar-refractivity contribution in [2.45, 2.75) is 38.9 Å². The summed E-state index contributed by atoms with van der Waals surface area (Å²) in [5.41, 5.74) is -1.34. The lowest BCUT2D eigenvalue weighted by molar-refractivity contribution is -0.138. The number of hydrogen-bond acceptors (Lipinski definition) is 2. The van der Waals surface area contributed by atoms with Crippen LogP contribution in [0.3, 0.4) is 0 Å². The van der Waals surface area contributed by atoms with E-state index in [4.69, 9.17) is 5.11 Å². The van der Waals surface area contributed by atoms with Crippen LogP contribution < -0.4 is 4.90 Å². The van der Waals surface area contributed by atoms with E-state index in [1.165, 1.54) is 6.07 Å². The van der Waals surface area contributed by atoms with Crippen molar-refractivity contribution in [3.05, 3.63) is 29.3 Å². The van der Waals surface area contributed by atoms with Gasteiger partial charge in [-0.3, -0.25) is 0 Å². The van der Waals surface area contributed by atoms with Crippen molar-refractivity contribution in [2.75, 3.05) is 11.4 Å². The molecule has 0 saturated heterocycles. The maximum absolute atomic E-state index is 13.0. The first-order valence-corrected chi connectivity index (χ1v) is 6.91. The maximum Gasteiger partial charge on any atom is 0.417 e. The summed E-state index contributed by atoms with van der Waals surface area (Å²) in [5.74, 6) is -1.24. The lowest BCUT2D eigenvalue weighted by Gasteiger charge is -2.27. The largest absolute Gasteiger partial charge is 0.478 e. The number of halogens is 3. The van der Waals surface area contributed by atoms with Gasteiger partial charge in [0.15, 0.2) is 0 Å². The monoisotopic (exact) mass is 301 g/mol. The third-order valence-electron chi connectivity index (χ3n) is 3.42. The van der Waals surface area contributed by atoms with Crippen LogP contribution in [0.1, 0.15) is 42.6 Å². The van der Waals surface area contributed by atoms with Crippen LogP contribution in [0.5, 0.6) is 0 Å². The second-order valence-electron chi connectivity index (χ2n) is 5.81. The Morgan fingerprint density at radius 1 is 1.38 bits per heavy atom. The first kappa shape index (κ1) is 15.7. The van der Waals surface area contributed by atoms with Crippen LogP contribution in [0.25, 0.3) is 0 Å². The van der Waals surface area contributed by atoms with Gasteiger partial charge in [-0.2, -0.15) is 13.2 Å². The molecule has 116 valence electrons. The van der Waals surface area contributed by atoms with Crippen molar-refractivity contribution in [1.29, 1.82) is 0 Å². The van der Waals surface area contributed by atoms with Crippen molar-refractivity contribution in [3.8, 4) is 0 Å². The number of carbonyl (C=O) groups is 1. The molecule has 1 N–H and O–H groups in total. The van der Waals surface area contributed by atoms with Gasteiger partial charge < -0.3 is 10.0 Å². The fraction of sp³-hybridized carbons (Fsp3) is 0.533. The number of hydrogen-bond donors (Lipinski definition) is 1. The molecule has 0 spiro atoms. The molecular weight excluding hydrogens is 283 g/mol. The Balaban J connectivity index is 2.42. The number of benzene rings is 1. The molecule has 1 aromatic rings. The van der Waals surface area contributed by atoms with E-state index < -0.39 is 23.3 Å². The highest BCUT2D eigenvalue weighted by atomic mass is 19.4. The second-order valence-corrected chi connectivity index (χ2v) is 5.81. The van der Waals surface area contributed by atoms with Gasteiger partial charge in [0.05, 0.1) is 11.1 Å². The van der Waals surface area contributed by atoms with Crippen molar-refractivity contribution in [1.82, 2.24) is 0 Å². The van der Waals surface area contributed by atoms with Gasteiger partial charge >= 0.3 is 12.1 Å². The Morgan fingerprint density at radius 3 is 2.43 bits per heavy atom. The zero-order valence-electron chi connectivity index (χ0n) is 11.9. The number of alkyl halides is 3. The van der Waals surface area contributed by atoms with Gasteiger partial charge in [0.25, 0.3) is 0 Å². The lowest BCUT2D eigenvalue weighted by atomic mass is 10.0. The van der Waals surface area contributed by atoms with Crippen LogP contribution in [-0.4, -0.2) is 23.7 Å². The van der Waals surface area contributed by atoms with Crippen LogP contribution in [0.15, 0.2) is 18.2 Å². The van der Waals surface area contributed by atoms with E-state index in [9.17, 15) is 18.0 Å². The summed E-state index contributed by atoms with van der Waals surface area (Å²) < 4.78 is 39.1. The normalized spacial score (nSPS) is 15.3. The summed E-state index contributed by atoms with van der Waals surface area (Å²) in [4.78, 5) is 12.9. The average molecular weight is 301 g/mol. The van der Waals surface area contributed by atoms with Crippen LogP contribution >= 0.6 is 0 Å². The Kier molecular flexibility index (Phi) is 4.16. The summed E-state index contributed by atoms with van der Waals surface area (Å²) in [6, 6.07) is 3.75. The van der Waals surface area contributed by atoms with E-state index in [0.29, 0.717) is 18.2 Å². The topological polar surface area (TPSA) is 40.5 Å². The van der Waals surface area contributed by atoms with E-state index in [1.54, 1.807) is 0 Å². The highest BCUT2D eigenvalue weighted by Crippen LogP contribution is 2.38. The first-order chi connectivity index (χ1) is 9.70. The van der Waals surface area contributed by atoms with Crippen LogP contribution in [0.4, 0.5) is 18.9 Å². The average Bonchev–Trinajstić information content (AvgIpc) is 3.18. The van der Waals surface area contributed by atoms with Crippen LogP contribution in [0, 0.1) is 5.92 Å². The molecule has 0 atom stereocenters. The van der Waals surface area contributed by atoms with Crippen LogP contribution in [-0.2, 0) is 6.18 Å². The molecule has 0 aliphatic heterocycles. The van der Waals surface area contributed by atoms with Crippen molar-refractivity contribution >= 4 is 11.7 Å². The van der Waals surface area contributed by atoms with Gasteiger partial charge in [0, 0.05) is 18.3 Å². The Bertz CT molecular complexity index is 536. The second kappa shape index (κ2) is 5.58. The minimum absolute atomic E-state index is 0.268. The Labute approximate surface area is 121 Å². The summed E-state index contributed by atoms with van der Waals surface area (Å²) in [6.45, 7) is 4.67. The van der Waals surface area contributed by atoms with E-state index in [-0.39, 0.29) is 6.04 Å². The molecule has 21 heavy (non-hydrogen) atoms. The summed E-state index contributed by atoms with van der Waals surface area (Å²) in [6.07, 6.45) is -2.74. The molecule has 3 nitrogen and oxygen atoms in total. The third-order valence-corrected chi connectivity index (χ3v) is 3.42. The highest BCUT2D eigenvalue weighted by molar-refractivity contribution is 5.90. The molecule has 1 aliphatic rings. The molecule has 0 bridgehead atoms. The lowest BCUT2D eigenvalue weighted by Crippen LogP contribution is -2.30. The first-order valence-electron chi connectivity index (χ1n) is 6.91. The minimum atomic E-state index is -4.67. The maximum atomic E-state index is 13.0. The molecule has 1 fully saturated rings. The van der Waals surface area contributed by atoms with Crippen molar-refractivity contribution in [3.63, 3.8) is 0 Å². The quantitative estimate of drug-likeness (QED) is 0.892. The van der Waals surface area contributed by atoms with Gasteiger partial charge in [0.2, 0.25) is 0 Å². The highest BCUT2D eigenvalue weighted by Gasteiger charge is 2.37. The molecule has 0 unspecified atom stereocenters. The van der Waals surface area contributed by atoms with Gasteiger partial charge in [-0.05, 0) is 37.0 Å². The van der Waals surface area contributed by atoms with Gasteiger partial charge in [-0.1, -0.05) is 13.8 Å². The summed E-state index contributed by atoms with van der Waals surface area (Å²) >= 11 is 0. The number of aromatic carboxylic acids is 1. The van der Waals surface area contributed by atoms with E-state index in [0.717, 1.165) is 25.0 Å². The zero-order chi connectivity index (χ0) is 15.8.